The largest absolute Gasteiger partial charge is 0.397 e. The Balaban J connectivity index is -0.000000920. The van der Waals surface area contributed by atoms with Gasteiger partial charge in [-0.05, 0) is 13.3 Å². The van der Waals surface area contributed by atoms with Gasteiger partial charge in [0.25, 0.3) is 0 Å². The van der Waals surface area contributed by atoms with Gasteiger partial charge in [0, 0.05) is 6.61 Å². The molecular formula is C16H39NO5S. The normalized spacial score (nSPS) is 10.6. The van der Waals surface area contributed by atoms with Crippen LogP contribution in [0, 0.1) is 0 Å². The fraction of sp³-hybridized carbons (Fsp3) is 1.00. The first-order chi connectivity index (χ1) is 10.5. The van der Waals surface area contributed by atoms with Crippen LogP contribution in [0.1, 0.15) is 90.9 Å². The van der Waals surface area contributed by atoms with E-state index in [0.29, 0.717) is 6.42 Å². The fourth-order valence-electron chi connectivity index (χ4n) is 2.11. The molecule has 0 fully saturated rings. The molecular weight excluding hydrogens is 318 g/mol. The van der Waals surface area contributed by atoms with E-state index in [1.165, 1.54) is 57.8 Å². The smallest absolute Gasteiger partial charge is 0.397 e. The maximum Gasteiger partial charge on any atom is 0.397 e. The number of rotatable bonds is 14. The van der Waals surface area contributed by atoms with Crippen LogP contribution in [0.3, 0.4) is 0 Å². The molecule has 0 spiro atoms. The van der Waals surface area contributed by atoms with E-state index in [0.717, 1.165) is 12.8 Å². The van der Waals surface area contributed by atoms with Crippen LogP contribution in [0.25, 0.3) is 0 Å². The van der Waals surface area contributed by atoms with Crippen molar-refractivity contribution in [2.75, 3.05) is 13.2 Å². The number of aliphatic hydroxyl groups excluding tert-OH is 1. The van der Waals surface area contributed by atoms with Crippen LogP contribution in [0.4, 0.5) is 0 Å². The molecule has 23 heavy (non-hydrogen) atoms. The summed E-state index contributed by atoms with van der Waals surface area (Å²) in [6, 6.07) is 0. The monoisotopic (exact) mass is 357 g/mol. The molecule has 0 aromatic carbocycles. The summed E-state index contributed by atoms with van der Waals surface area (Å²) in [7, 11) is -4.24. The van der Waals surface area contributed by atoms with Crippen molar-refractivity contribution < 1.29 is 22.3 Å². The van der Waals surface area contributed by atoms with Gasteiger partial charge in [-0.1, -0.05) is 77.6 Å². The standard InChI is InChI=1S/C14H30O4S.C2H6O.H3N/c1-2-3-4-5-6-7-8-9-10-11-12-13-14-18-19(15,16)17;1-2-3;/h2-14H2,1H3,(H,15,16,17);3H,2H2,1H3;1H3. The zero-order valence-electron chi connectivity index (χ0n) is 15.1. The first kappa shape index (κ1) is 27.6. The topological polar surface area (TPSA) is 119 Å². The molecule has 0 rings (SSSR count). The fourth-order valence-corrected chi connectivity index (χ4v) is 2.44. The number of aliphatic hydroxyl groups is 1. The van der Waals surface area contributed by atoms with Gasteiger partial charge in [0.05, 0.1) is 6.61 Å². The van der Waals surface area contributed by atoms with E-state index in [2.05, 4.69) is 11.1 Å². The molecule has 0 heterocycles. The van der Waals surface area contributed by atoms with Gasteiger partial charge in [0.2, 0.25) is 0 Å². The second-order valence-electron chi connectivity index (χ2n) is 5.46. The summed E-state index contributed by atoms with van der Waals surface area (Å²) in [4.78, 5) is 0. The molecule has 0 aliphatic carbocycles. The third kappa shape index (κ3) is 34.2. The molecule has 0 aromatic heterocycles. The van der Waals surface area contributed by atoms with Crippen LogP contribution in [-0.2, 0) is 14.6 Å². The third-order valence-electron chi connectivity index (χ3n) is 3.23. The Bertz CT molecular complexity index is 297. The number of unbranched alkanes of at least 4 members (excludes halogenated alkanes) is 11. The van der Waals surface area contributed by atoms with Crippen molar-refractivity contribution in [2.24, 2.45) is 0 Å². The first-order valence-corrected chi connectivity index (χ1v) is 10.1. The summed E-state index contributed by atoms with van der Waals surface area (Å²) in [5, 5.41) is 7.57. The van der Waals surface area contributed by atoms with Crippen molar-refractivity contribution in [3.63, 3.8) is 0 Å². The van der Waals surface area contributed by atoms with Crippen LogP contribution >= 0.6 is 0 Å². The van der Waals surface area contributed by atoms with Gasteiger partial charge in [0.15, 0.2) is 0 Å². The quantitative estimate of drug-likeness (QED) is 0.307. The van der Waals surface area contributed by atoms with Crippen molar-refractivity contribution in [2.45, 2.75) is 90.9 Å². The molecule has 0 amide bonds. The van der Waals surface area contributed by atoms with Gasteiger partial charge in [-0.2, -0.15) is 8.42 Å². The molecule has 0 bridgehead atoms. The SMILES string of the molecule is CCCCCCCCCCCCCCOS(=O)(=O)O.CCO.N. The Labute approximate surface area is 143 Å². The molecule has 0 atom stereocenters. The average Bonchev–Trinajstić information content (AvgIpc) is 2.43. The lowest BCUT2D eigenvalue weighted by molar-refractivity contribution is 0.261. The van der Waals surface area contributed by atoms with E-state index in [1.807, 2.05) is 0 Å². The molecule has 0 aromatic rings. The second kappa shape index (κ2) is 21.8. The molecule has 6 nitrogen and oxygen atoms in total. The Morgan fingerprint density at radius 1 is 0.739 bits per heavy atom. The third-order valence-corrected chi connectivity index (χ3v) is 3.69. The maximum absolute atomic E-state index is 10.3. The predicted octanol–water partition coefficient (Wildman–Crippen LogP) is 4.67. The lowest BCUT2D eigenvalue weighted by Gasteiger charge is -2.02. The van der Waals surface area contributed by atoms with Crippen LogP contribution in [0.2, 0.25) is 0 Å². The van der Waals surface area contributed by atoms with Crippen LogP contribution in [-0.4, -0.2) is 31.3 Å². The van der Waals surface area contributed by atoms with E-state index in [9.17, 15) is 8.42 Å². The van der Waals surface area contributed by atoms with Gasteiger partial charge in [-0.15, -0.1) is 0 Å². The summed E-state index contributed by atoms with van der Waals surface area (Å²) in [6.07, 6.45) is 14.7. The first-order valence-electron chi connectivity index (χ1n) is 8.70. The highest BCUT2D eigenvalue weighted by molar-refractivity contribution is 7.80. The molecule has 0 saturated carbocycles. The van der Waals surface area contributed by atoms with Gasteiger partial charge in [-0.25, -0.2) is 4.18 Å². The zero-order valence-corrected chi connectivity index (χ0v) is 16.0. The zero-order chi connectivity index (χ0) is 17.1. The van der Waals surface area contributed by atoms with Crippen molar-refractivity contribution in [3.8, 4) is 0 Å². The Morgan fingerprint density at radius 2 is 1.04 bits per heavy atom. The van der Waals surface area contributed by atoms with Gasteiger partial charge < -0.3 is 11.3 Å². The highest BCUT2D eigenvalue weighted by Gasteiger charge is 2.02. The number of hydrogen-bond donors (Lipinski definition) is 3. The summed E-state index contributed by atoms with van der Waals surface area (Å²) in [5.41, 5.74) is 0. The van der Waals surface area contributed by atoms with E-state index in [-0.39, 0.29) is 19.4 Å². The Morgan fingerprint density at radius 3 is 1.35 bits per heavy atom. The minimum absolute atomic E-state index is 0. The summed E-state index contributed by atoms with van der Waals surface area (Å²) >= 11 is 0. The van der Waals surface area contributed by atoms with E-state index in [4.69, 9.17) is 9.66 Å². The van der Waals surface area contributed by atoms with Gasteiger partial charge >= 0.3 is 10.4 Å². The molecule has 144 valence electrons. The average molecular weight is 358 g/mol. The summed E-state index contributed by atoms with van der Waals surface area (Å²) < 4.78 is 33.1. The second-order valence-corrected chi connectivity index (χ2v) is 6.55. The summed E-state index contributed by atoms with van der Waals surface area (Å²) in [6.45, 7) is 4.26. The lowest BCUT2D eigenvalue weighted by Crippen LogP contribution is -2.04. The van der Waals surface area contributed by atoms with Gasteiger partial charge in [0.1, 0.15) is 0 Å². The lowest BCUT2D eigenvalue weighted by atomic mass is 10.1. The van der Waals surface area contributed by atoms with Crippen LogP contribution in [0.15, 0.2) is 0 Å². The minimum Gasteiger partial charge on any atom is -0.397 e. The number of hydrogen-bond acceptors (Lipinski definition) is 5. The van der Waals surface area contributed by atoms with Crippen molar-refractivity contribution in [1.82, 2.24) is 6.15 Å². The maximum atomic E-state index is 10.3. The van der Waals surface area contributed by atoms with Crippen LogP contribution in [0.5, 0.6) is 0 Å². The van der Waals surface area contributed by atoms with Crippen molar-refractivity contribution in [1.29, 1.82) is 0 Å². The Hall–Kier alpha value is -0.210. The molecule has 0 radical (unpaired) electrons. The van der Waals surface area contributed by atoms with E-state index in [1.54, 1.807) is 6.92 Å². The minimum atomic E-state index is -4.24. The highest BCUT2D eigenvalue weighted by Crippen LogP contribution is 2.11. The molecule has 0 aliphatic rings. The molecule has 5 N–H and O–H groups in total. The molecule has 0 saturated heterocycles. The van der Waals surface area contributed by atoms with E-state index < -0.39 is 10.4 Å². The molecule has 0 aliphatic heterocycles. The van der Waals surface area contributed by atoms with Crippen molar-refractivity contribution in [3.05, 3.63) is 0 Å². The summed E-state index contributed by atoms with van der Waals surface area (Å²) in [5.74, 6) is 0. The molecule has 0 unspecified atom stereocenters. The Kier molecular flexibility index (Phi) is 26.2. The van der Waals surface area contributed by atoms with Crippen LogP contribution < -0.4 is 6.15 Å². The highest BCUT2D eigenvalue weighted by atomic mass is 32.3. The predicted molar refractivity (Wildman–Crippen MR) is 96.4 cm³/mol. The van der Waals surface area contributed by atoms with Gasteiger partial charge in [-0.3, -0.25) is 4.55 Å². The molecule has 7 heteroatoms. The van der Waals surface area contributed by atoms with E-state index >= 15 is 0 Å². The van der Waals surface area contributed by atoms with Crippen molar-refractivity contribution >= 4 is 10.4 Å².